The lowest BCUT2D eigenvalue weighted by Gasteiger charge is -2.19. The van der Waals surface area contributed by atoms with Crippen molar-refractivity contribution in [3.05, 3.63) is 80.0 Å². The average molecular weight is 491 g/mol. The molecular weight excluding hydrogens is 480 g/mol. The molecule has 29 heavy (non-hydrogen) atoms. The van der Waals surface area contributed by atoms with Gasteiger partial charge in [-0.05, 0) is 58.4 Å². The van der Waals surface area contributed by atoms with Gasteiger partial charge >= 0.3 is 5.97 Å². The minimum atomic E-state index is -3.96. The number of carbonyl (C=O) groups is 3. The summed E-state index contributed by atoms with van der Waals surface area (Å²) in [6, 6.07) is 13.0. The normalized spacial score (nSPS) is 14.0. The van der Waals surface area contributed by atoms with E-state index in [1.807, 2.05) is 0 Å². The van der Waals surface area contributed by atoms with Crippen molar-refractivity contribution in [1.29, 1.82) is 0 Å². The molecule has 3 aromatic rings. The molecule has 0 saturated heterocycles. The van der Waals surface area contributed by atoms with Crippen LogP contribution in [0.25, 0.3) is 0 Å². The van der Waals surface area contributed by atoms with Gasteiger partial charge in [-0.2, -0.15) is 0 Å². The third-order valence-corrected chi connectivity index (χ3v) is 7.87. The number of sulfone groups is 1. The molecule has 9 heteroatoms. The van der Waals surface area contributed by atoms with E-state index in [4.69, 9.17) is 4.74 Å². The molecule has 0 unspecified atom stereocenters. The summed E-state index contributed by atoms with van der Waals surface area (Å²) in [6.07, 6.45) is 0. The van der Waals surface area contributed by atoms with Crippen molar-refractivity contribution in [2.75, 3.05) is 6.61 Å². The van der Waals surface area contributed by atoms with E-state index < -0.39 is 28.2 Å². The van der Waals surface area contributed by atoms with Crippen LogP contribution < -0.4 is 0 Å². The molecule has 0 atom stereocenters. The zero-order chi connectivity index (χ0) is 20.8. The van der Waals surface area contributed by atoms with E-state index >= 15 is 0 Å². The molecule has 146 valence electrons. The van der Waals surface area contributed by atoms with Gasteiger partial charge in [-0.1, -0.05) is 12.1 Å². The molecule has 0 N–H and O–H groups in total. The maximum atomic E-state index is 12.9. The van der Waals surface area contributed by atoms with Crippen LogP contribution in [0, 0.1) is 0 Å². The standard InChI is InChI=1S/C20H11BrO6S2/c21-18-8-7-15(28-18)14(22)10-27-20(24)11-5-6-13-17(9-11)29(25,26)16-4-2-1-3-12(16)19(13)23/h1-9H,10H2. The van der Waals surface area contributed by atoms with E-state index in [2.05, 4.69) is 15.9 Å². The summed E-state index contributed by atoms with van der Waals surface area (Å²) in [7, 11) is -3.96. The van der Waals surface area contributed by atoms with E-state index in [1.165, 1.54) is 41.7 Å². The second kappa shape index (κ2) is 7.33. The smallest absolute Gasteiger partial charge is 0.338 e. The van der Waals surface area contributed by atoms with Crippen LogP contribution in [-0.2, 0) is 14.6 Å². The Morgan fingerprint density at radius 3 is 2.41 bits per heavy atom. The fraction of sp³-hybridized carbons (Fsp3) is 0.0500. The van der Waals surface area contributed by atoms with E-state index in [0.29, 0.717) is 4.88 Å². The average Bonchev–Trinajstić information content (AvgIpc) is 3.16. The van der Waals surface area contributed by atoms with E-state index in [9.17, 15) is 22.8 Å². The fourth-order valence-electron chi connectivity index (χ4n) is 2.96. The predicted molar refractivity (Wildman–Crippen MR) is 108 cm³/mol. The number of esters is 1. The van der Waals surface area contributed by atoms with Crippen molar-refractivity contribution < 1.29 is 27.5 Å². The zero-order valence-corrected chi connectivity index (χ0v) is 17.8. The second-order valence-electron chi connectivity index (χ2n) is 6.14. The third-order valence-electron chi connectivity index (χ3n) is 4.36. The maximum Gasteiger partial charge on any atom is 0.338 e. The first-order valence-electron chi connectivity index (χ1n) is 8.27. The molecular formula is C20H11BrO6S2. The lowest BCUT2D eigenvalue weighted by Crippen LogP contribution is -2.21. The van der Waals surface area contributed by atoms with Gasteiger partial charge in [0.1, 0.15) is 0 Å². The number of rotatable bonds is 4. The predicted octanol–water partition coefficient (Wildman–Crippen LogP) is 3.93. The van der Waals surface area contributed by atoms with Gasteiger partial charge in [-0.15, -0.1) is 11.3 Å². The maximum absolute atomic E-state index is 12.9. The van der Waals surface area contributed by atoms with Crippen LogP contribution in [0.2, 0.25) is 0 Å². The fourth-order valence-corrected chi connectivity index (χ4v) is 5.95. The summed E-state index contributed by atoms with van der Waals surface area (Å²) >= 11 is 4.47. The Balaban J connectivity index is 1.61. The van der Waals surface area contributed by atoms with Crippen molar-refractivity contribution >= 4 is 54.6 Å². The molecule has 0 bridgehead atoms. The van der Waals surface area contributed by atoms with Crippen molar-refractivity contribution in [1.82, 2.24) is 0 Å². The number of ether oxygens (including phenoxy) is 1. The molecule has 0 fully saturated rings. The van der Waals surface area contributed by atoms with Crippen LogP contribution >= 0.6 is 27.3 Å². The van der Waals surface area contributed by atoms with Crippen molar-refractivity contribution in [3.8, 4) is 0 Å². The Labute approximate surface area is 178 Å². The zero-order valence-electron chi connectivity index (χ0n) is 14.5. The largest absolute Gasteiger partial charge is 0.454 e. The van der Waals surface area contributed by atoms with Gasteiger partial charge in [0.25, 0.3) is 0 Å². The highest BCUT2D eigenvalue weighted by Gasteiger charge is 2.35. The van der Waals surface area contributed by atoms with E-state index in [-0.39, 0.29) is 32.3 Å². The van der Waals surface area contributed by atoms with Crippen LogP contribution in [0.15, 0.2) is 68.2 Å². The Kier molecular flexibility index (Phi) is 4.97. The number of hydrogen-bond donors (Lipinski definition) is 0. The molecule has 0 saturated carbocycles. The summed E-state index contributed by atoms with van der Waals surface area (Å²) in [6.45, 7) is -0.475. The van der Waals surface area contributed by atoms with E-state index in [1.54, 1.807) is 18.2 Å². The van der Waals surface area contributed by atoms with Crippen LogP contribution in [-0.4, -0.2) is 32.6 Å². The highest BCUT2D eigenvalue weighted by Crippen LogP contribution is 2.34. The van der Waals surface area contributed by atoms with Crippen molar-refractivity contribution in [3.63, 3.8) is 0 Å². The van der Waals surface area contributed by atoms with Gasteiger partial charge in [-0.25, -0.2) is 13.2 Å². The third kappa shape index (κ3) is 3.45. The topological polar surface area (TPSA) is 94.6 Å². The molecule has 1 aromatic heterocycles. The van der Waals surface area contributed by atoms with Crippen molar-refractivity contribution in [2.24, 2.45) is 0 Å². The summed E-state index contributed by atoms with van der Waals surface area (Å²) in [5.74, 6) is -1.65. The Bertz CT molecular complexity index is 1290. The number of halogens is 1. The van der Waals surface area contributed by atoms with E-state index in [0.717, 1.165) is 9.85 Å². The lowest BCUT2D eigenvalue weighted by molar-refractivity contribution is 0.0475. The first-order chi connectivity index (χ1) is 13.8. The molecule has 2 aromatic carbocycles. The monoisotopic (exact) mass is 490 g/mol. The number of Topliss-reactive ketones (excluding diaryl/α,β-unsaturated/α-hetero) is 1. The minimum absolute atomic E-state index is 0.000220. The van der Waals surface area contributed by atoms with Gasteiger partial charge in [0, 0.05) is 11.1 Å². The van der Waals surface area contributed by atoms with Gasteiger partial charge in [-0.3, -0.25) is 9.59 Å². The summed E-state index contributed by atoms with van der Waals surface area (Å²) in [5.41, 5.74) is 0.0439. The number of fused-ring (bicyclic) bond motifs is 2. The number of hydrogen-bond acceptors (Lipinski definition) is 7. The van der Waals surface area contributed by atoms with Gasteiger partial charge in [0.05, 0.1) is 24.0 Å². The lowest BCUT2D eigenvalue weighted by atomic mass is 10.0. The SMILES string of the molecule is O=C(OCC(=O)c1ccc(Br)s1)c1ccc2c(c1)S(=O)(=O)c1ccccc1C2=O. The molecule has 2 heterocycles. The first-order valence-corrected chi connectivity index (χ1v) is 11.4. The number of ketones is 2. The number of benzene rings is 2. The molecule has 0 radical (unpaired) electrons. The second-order valence-corrected chi connectivity index (χ2v) is 10.5. The van der Waals surface area contributed by atoms with Gasteiger partial charge < -0.3 is 4.74 Å². The Morgan fingerprint density at radius 2 is 1.69 bits per heavy atom. The molecule has 1 aliphatic heterocycles. The molecule has 6 nitrogen and oxygen atoms in total. The van der Waals surface area contributed by atoms with Gasteiger partial charge in [0.15, 0.2) is 12.4 Å². The number of carbonyl (C=O) groups excluding carboxylic acids is 3. The van der Waals surface area contributed by atoms with Crippen LogP contribution in [0.4, 0.5) is 0 Å². The molecule has 0 aliphatic carbocycles. The number of thiophene rings is 1. The first kappa shape index (κ1) is 19.7. The highest BCUT2D eigenvalue weighted by atomic mass is 79.9. The Hall–Kier alpha value is -2.62. The molecule has 0 spiro atoms. The molecule has 4 rings (SSSR count). The molecule has 0 amide bonds. The summed E-state index contributed by atoms with van der Waals surface area (Å²) in [5, 5.41) is 0. The van der Waals surface area contributed by atoms with Crippen LogP contribution in [0.3, 0.4) is 0 Å². The highest BCUT2D eigenvalue weighted by molar-refractivity contribution is 9.11. The van der Waals surface area contributed by atoms with Crippen LogP contribution in [0.5, 0.6) is 0 Å². The van der Waals surface area contributed by atoms with Gasteiger partial charge in [0.2, 0.25) is 15.6 Å². The summed E-state index contributed by atoms with van der Waals surface area (Å²) in [4.78, 5) is 37.1. The quantitative estimate of drug-likeness (QED) is 0.317. The van der Waals surface area contributed by atoms with Crippen molar-refractivity contribution in [2.45, 2.75) is 9.79 Å². The minimum Gasteiger partial charge on any atom is -0.454 e. The Morgan fingerprint density at radius 1 is 0.966 bits per heavy atom. The van der Waals surface area contributed by atoms with Crippen LogP contribution in [0.1, 0.15) is 36.0 Å². The molecule has 1 aliphatic rings. The summed E-state index contributed by atoms with van der Waals surface area (Å²) < 4.78 is 31.6.